The maximum Gasteiger partial charge on any atom is 0.0571 e. The lowest BCUT2D eigenvalue weighted by Gasteiger charge is -2.34. The van der Waals surface area contributed by atoms with Crippen LogP contribution in [-0.2, 0) is 0 Å². The first-order valence-electron chi connectivity index (χ1n) is 8.76. The fourth-order valence-corrected chi connectivity index (χ4v) is 3.71. The predicted octanol–water partition coefficient (Wildman–Crippen LogP) is 5.42. The molecule has 0 aromatic carbocycles. The van der Waals surface area contributed by atoms with Crippen molar-refractivity contribution in [3.63, 3.8) is 0 Å². The van der Waals surface area contributed by atoms with Crippen molar-refractivity contribution in [2.75, 3.05) is 0 Å². The Labute approximate surface area is 121 Å². The van der Waals surface area contributed by atoms with Gasteiger partial charge >= 0.3 is 0 Å². The van der Waals surface area contributed by atoms with Gasteiger partial charge in [-0.3, -0.25) is 0 Å². The van der Waals surface area contributed by atoms with Gasteiger partial charge in [0.25, 0.3) is 0 Å². The largest absolute Gasteiger partial charge is 0.393 e. The summed E-state index contributed by atoms with van der Waals surface area (Å²) in [6.45, 7) is 9.23. The molecule has 0 saturated heterocycles. The Bertz CT molecular complexity index is 216. The quantitative estimate of drug-likeness (QED) is 0.623. The lowest BCUT2D eigenvalue weighted by Crippen LogP contribution is -2.29. The second-order valence-electron chi connectivity index (χ2n) is 7.14. The second kappa shape index (κ2) is 9.00. The Balaban J connectivity index is 2.31. The van der Waals surface area contributed by atoms with E-state index in [0.717, 1.165) is 24.2 Å². The van der Waals surface area contributed by atoms with E-state index in [4.69, 9.17) is 0 Å². The normalized spacial score (nSPS) is 27.5. The molecule has 1 aliphatic rings. The standard InChI is InChI=1S/C18H36O/c1-5-7-8-15(6-2)13-18(19)17-11-9-16(10-12-17)14(3)4/h14-19H,5-13H2,1-4H3. The van der Waals surface area contributed by atoms with Gasteiger partial charge in [0.05, 0.1) is 6.10 Å². The third kappa shape index (κ3) is 5.85. The van der Waals surface area contributed by atoms with Crippen molar-refractivity contribution in [1.29, 1.82) is 0 Å². The molecule has 1 rings (SSSR count). The number of aliphatic hydroxyl groups is 1. The highest BCUT2D eigenvalue weighted by Gasteiger charge is 2.28. The van der Waals surface area contributed by atoms with E-state index in [9.17, 15) is 5.11 Å². The molecule has 1 N–H and O–H groups in total. The molecule has 2 atom stereocenters. The van der Waals surface area contributed by atoms with Crippen molar-refractivity contribution < 1.29 is 5.11 Å². The molecular formula is C18H36O. The minimum Gasteiger partial charge on any atom is -0.393 e. The third-order valence-electron chi connectivity index (χ3n) is 5.42. The van der Waals surface area contributed by atoms with Gasteiger partial charge < -0.3 is 5.11 Å². The van der Waals surface area contributed by atoms with Crippen molar-refractivity contribution in [2.45, 2.75) is 91.6 Å². The van der Waals surface area contributed by atoms with Crippen LogP contribution in [0.25, 0.3) is 0 Å². The highest BCUT2D eigenvalue weighted by molar-refractivity contribution is 4.80. The minimum absolute atomic E-state index is 0.0325. The van der Waals surface area contributed by atoms with Gasteiger partial charge in [-0.25, -0.2) is 0 Å². The molecule has 0 bridgehead atoms. The van der Waals surface area contributed by atoms with Crippen molar-refractivity contribution in [2.24, 2.45) is 23.7 Å². The van der Waals surface area contributed by atoms with Crippen LogP contribution in [0, 0.1) is 23.7 Å². The lowest BCUT2D eigenvalue weighted by atomic mass is 9.73. The SMILES string of the molecule is CCCCC(CC)CC(O)C1CCC(C(C)C)CC1. The first-order valence-corrected chi connectivity index (χ1v) is 8.76. The highest BCUT2D eigenvalue weighted by Crippen LogP contribution is 2.36. The van der Waals surface area contributed by atoms with Crippen LogP contribution in [0.4, 0.5) is 0 Å². The molecule has 0 aliphatic heterocycles. The van der Waals surface area contributed by atoms with Crippen LogP contribution in [0.5, 0.6) is 0 Å². The summed E-state index contributed by atoms with van der Waals surface area (Å²) in [7, 11) is 0. The molecule has 1 aliphatic carbocycles. The Morgan fingerprint density at radius 2 is 1.58 bits per heavy atom. The van der Waals surface area contributed by atoms with Gasteiger partial charge in [0.1, 0.15) is 0 Å². The molecule has 0 aromatic rings. The first kappa shape index (κ1) is 17.0. The van der Waals surface area contributed by atoms with Crippen LogP contribution in [-0.4, -0.2) is 11.2 Å². The van der Waals surface area contributed by atoms with Crippen molar-refractivity contribution >= 4 is 0 Å². The predicted molar refractivity (Wildman–Crippen MR) is 84.2 cm³/mol. The van der Waals surface area contributed by atoms with E-state index in [1.54, 1.807) is 0 Å². The van der Waals surface area contributed by atoms with E-state index in [2.05, 4.69) is 27.7 Å². The van der Waals surface area contributed by atoms with Crippen LogP contribution < -0.4 is 0 Å². The maximum absolute atomic E-state index is 10.5. The Hall–Kier alpha value is -0.0400. The fourth-order valence-electron chi connectivity index (χ4n) is 3.71. The van der Waals surface area contributed by atoms with E-state index < -0.39 is 0 Å². The average Bonchev–Trinajstić information content (AvgIpc) is 2.43. The Kier molecular flexibility index (Phi) is 8.06. The molecule has 2 unspecified atom stereocenters. The van der Waals surface area contributed by atoms with Crippen LogP contribution >= 0.6 is 0 Å². The summed E-state index contributed by atoms with van der Waals surface area (Å²) >= 11 is 0. The monoisotopic (exact) mass is 268 g/mol. The van der Waals surface area contributed by atoms with Gasteiger partial charge in [-0.15, -0.1) is 0 Å². The van der Waals surface area contributed by atoms with Crippen LogP contribution in [0.15, 0.2) is 0 Å². The zero-order valence-corrected chi connectivity index (χ0v) is 13.7. The van der Waals surface area contributed by atoms with Gasteiger partial charge in [0.2, 0.25) is 0 Å². The molecule has 0 heterocycles. The van der Waals surface area contributed by atoms with Gasteiger partial charge in [0.15, 0.2) is 0 Å². The van der Waals surface area contributed by atoms with Crippen LogP contribution in [0.2, 0.25) is 0 Å². The summed E-state index contributed by atoms with van der Waals surface area (Å²) in [5.74, 6) is 3.07. The summed E-state index contributed by atoms with van der Waals surface area (Å²) in [6.07, 6.45) is 11.4. The molecule has 114 valence electrons. The zero-order valence-electron chi connectivity index (χ0n) is 13.7. The van der Waals surface area contributed by atoms with Crippen molar-refractivity contribution in [1.82, 2.24) is 0 Å². The molecule has 1 saturated carbocycles. The van der Waals surface area contributed by atoms with Gasteiger partial charge in [-0.1, -0.05) is 53.4 Å². The second-order valence-corrected chi connectivity index (χ2v) is 7.14. The molecule has 0 radical (unpaired) electrons. The number of aliphatic hydroxyl groups excluding tert-OH is 1. The summed E-state index contributed by atoms with van der Waals surface area (Å²) in [5.41, 5.74) is 0. The molecule has 1 nitrogen and oxygen atoms in total. The molecule has 19 heavy (non-hydrogen) atoms. The smallest absolute Gasteiger partial charge is 0.0571 e. The summed E-state index contributed by atoms with van der Waals surface area (Å²) in [6, 6.07) is 0. The van der Waals surface area contributed by atoms with E-state index in [0.29, 0.717) is 5.92 Å². The number of rotatable bonds is 8. The van der Waals surface area contributed by atoms with Gasteiger partial charge in [-0.05, 0) is 55.8 Å². The van der Waals surface area contributed by atoms with E-state index in [1.165, 1.54) is 51.4 Å². The fraction of sp³-hybridized carbons (Fsp3) is 1.00. The number of unbranched alkanes of at least 4 members (excludes halogenated alkanes) is 1. The topological polar surface area (TPSA) is 20.2 Å². The number of hydrogen-bond acceptors (Lipinski definition) is 1. The van der Waals surface area contributed by atoms with Crippen LogP contribution in [0.3, 0.4) is 0 Å². The molecule has 1 heteroatoms. The van der Waals surface area contributed by atoms with E-state index in [-0.39, 0.29) is 6.10 Å². The number of hydrogen-bond donors (Lipinski definition) is 1. The molecular weight excluding hydrogens is 232 g/mol. The zero-order chi connectivity index (χ0) is 14.3. The third-order valence-corrected chi connectivity index (χ3v) is 5.42. The molecule has 1 fully saturated rings. The maximum atomic E-state index is 10.5. The Morgan fingerprint density at radius 1 is 1.00 bits per heavy atom. The van der Waals surface area contributed by atoms with Gasteiger partial charge in [-0.2, -0.15) is 0 Å². The Morgan fingerprint density at radius 3 is 2.05 bits per heavy atom. The summed E-state index contributed by atoms with van der Waals surface area (Å²) in [4.78, 5) is 0. The van der Waals surface area contributed by atoms with E-state index >= 15 is 0 Å². The summed E-state index contributed by atoms with van der Waals surface area (Å²) in [5, 5.41) is 10.5. The lowest BCUT2D eigenvalue weighted by molar-refractivity contribution is 0.0462. The molecule has 0 amide bonds. The first-order chi connectivity index (χ1) is 9.08. The van der Waals surface area contributed by atoms with Crippen molar-refractivity contribution in [3.05, 3.63) is 0 Å². The molecule has 0 aromatic heterocycles. The minimum atomic E-state index is -0.0325. The van der Waals surface area contributed by atoms with Gasteiger partial charge in [0, 0.05) is 0 Å². The molecule has 0 spiro atoms. The van der Waals surface area contributed by atoms with Crippen LogP contribution in [0.1, 0.15) is 85.5 Å². The van der Waals surface area contributed by atoms with Crippen molar-refractivity contribution in [3.8, 4) is 0 Å². The average molecular weight is 268 g/mol. The summed E-state index contributed by atoms with van der Waals surface area (Å²) < 4.78 is 0. The highest BCUT2D eigenvalue weighted by atomic mass is 16.3. The van der Waals surface area contributed by atoms with E-state index in [1.807, 2.05) is 0 Å².